The van der Waals surface area contributed by atoms with E-state index >= 15 is 0 Å². The molecule has 144 valence electrons. The second-order valence-corrected chi connectivity index (χ2v) is 7.97. The van der Waals surface area contributed by atoms with E-state index in [0.717, 1.165) is 21.0 Å². The van der Waals surface area contributed by atoms with Crippen molar-refractivity contribution in [2.45, 2.75) is 12.6 Å². The highest BCUT2D eigenvalue weighted by atomic mass is 32.2. The van der Waals surface area contributed by atoms with Gasteiger partial charge in [-0.05, 0) is 23.3 Å². The smallest absolute Gasteiger partial charge is 0.302 e. The lowest BCUT2D eigenvalue weighted by atomic mass is 10.1. The fourth-order valence-electron chi connectivity index (χ4n) is 3.03. The maximum atomic E-state index is 12.5. The predicted molar refractivity (Wildman–Crippen MR) is 104 cm³/mol. The molecule has 28 heavy (non-hydrogen) atoms. The van der Waals surface area contributed by atoms with Gasteiger partial charge in [0, 0.05) is 11.8 Å². The molecule has 3 aromatic rings. The summed E-state index contributed by atoms with van der Waals surface area (Å²) >= 11 is 0. The standard InChI is InChI=1S/C19H18N4O4S/c24-12-17-11-23(28(25,26)22-17)18-7-6-15(16-9-20-21-10-16)8-19(18)27-13-14-4-2-1-3-5-14/h1-10,12,17,22H,11,13H2,(H,20,21). The van der Waals surface area contributed by atoms with Crippen LogP contribution in [0.2, 0.25) is 0 Å². The number of carbonyl (C=O) groups excluding carboxylic acids is 1. The number of aromatic nitrogens is 2. The van der Waals surface area contributed by atoms with Crippen molar-refractivity contribution in [3.63, 3.8) is 0 Å². The van der Waals surface area contributed by atoms with E-state index in [4.69, 9.17) is 4.74 Å². The van der Waals surface area contributed by atoms with Crippen LogP contribution in [0.25, 0.3) is 11.1 Å². The molecule has 0 saturated carbocycles. The summed E-state index contributed by atoms with van der Waals surface area (Å²) in [4.78, 5) is 11.1. The van der Waals surface area contributed by atoms with Gasteiger partial charge in [0.25, 0.3) is 0 Å². The van der Waals surface area contributed by atoms with E-state index in [9.17, 15) is 13.2 Å². The van der Waals surface area contributed by atoms with E-state index in [1.807, 2.05) is 30.3 Å². The second-order valence-electron chi connectivity index (χ2n) is 6.34. The number of nitrogens with zero attached hydrogens (tertiary/aromatic N) is 2. The van der Waals surface area contributed by atoms with Gasteiger partial charge in [0.15, 0.2) is 0 Å². The highest BCUT2D eigenvalue weighted by molar-refractivity contribution is 7.91. The third-order valence-corrected chi connectivity index (χ3v) is 5.94. The van der Waals surface area contributed by atoms with Gasteiger partial charge >= 0.3 is 10.2 Å². The van der Waals surface area contributed by atoms with Crippen LogP contribution < -0.4 is 13.8 Å². The number of benzene rings is 2. The van der Waals surface area contributed by atoms with Crippen LogP contribution in [0.1, 0.15) is 5.56 Å². The quantitative estimate of drug-likeness (QED) is 0.617. The molecule has 4 rings (SSSR count). The summed E-state index contributed by atoms with van der Waals surface area (Å²) in [7, 11) is -3.82. The molecule has 2 aromatic carbocycles. The minimum Gasteiger partial charge on any atom is -0.487 e. The third kappa shape index (κ3) is 3.62. The zero-order chi connectivity index (χ0) is 19.6. The first-order chi connectivity index (χ1) is 13.6. The molecule has 1 saturated heterocycles. The van der Waals surface area contributed by atoms with E-state index in [-0.39, 0.29) is 13.2 Å². The first-order valence-corrected chi connectivity index (χ1v) is 10.1. The number of carbonyl (C=O) groups is 1. The molecule has 1 aromatic heterocycles. The Kier molecular flexibility index (Phi) is 4.84. The summed E-state index contributed by atoms with van der Waals surface area (Å²) in [5.74, 6) is 0.402. The number of hydrogen-bond donors (Lipinski definition) is 2. The Balaban J connectivity index is 1.71. The predicted octanol–water partition coefficient (Wildman–Crippen LogP) is 1.88. The molecular formula is C19H18N4O4S. The van der Waals surface area contributed by atoms with E-state index < -0.39 is 16.3 Å². The Labute approximate surface area is 162 Å². The van der Waals surface area contributed by atoms with Crippen LogP contribution in [0.4, 0.5) is 5.69 Å². The number of anilines is 1. The minimum absolute atomic E-state index is 0.0125. The molecule has 0 spiro atoms. The fraction of sp³-hybridized carbons (Fsp3) is 0.158. The molecule has 1 aliphatic rings. The van der Waals surface area contributed by atoms with E-state index in [0.29, 0.717) is 17.7 Å². The molecular weight excluding hydrogens is 380 g/mol. The Morgan fingerprint density at radius 2 is 2.00 bits per heavy atom. The van der Waals surface area contributed by atoms with Gasteiger partial charge in [-0.3, -0.25) is 9.40 Å². The molecule has 0 radical (unpaired) electrons. The van der Waals surface area contributed by atoms with Gasteiger partial charge in [-0.1, -0.05) is 36.4 Å². The third-order valence-electron chi connectivity index (χ3n) is 4.41. The molecule has 8 nitrogen and oxygen atoms in total. The highest BCUT2D eigenvalue weighted by Gasteiger charge is 2.36. The lowest BCUT2D eigenvalue weighted by molar-refractivity contribution is -0.108. The number of hydrogen-bond acceptors (Lipinski definition) is 5. The number of aldehydes is 1. The summed E-state index contributed by atoms with van der Waals surface area (Å²) < 4.78 is 34.4. The monoisotopic (exact) mass is 398 g/mol. The van der Waals surface area contributed by atoms with Crippen molar-refractivity contribution in [2.24, 2.45) is 0 Å². The number of ether oxygens (including phenoxy) is 1. The summed E-state index contributed by atoms with van der Waals surface area (Å²) in [5.41, 5.74) is 3.01. The van der Waals surface area contributed by atoms with Gasteiger partial charge in [0.05, 0.1) is 24.5 Å². The molecule has 1 fully saturated rings. The average molecular weight is 398 g/mol. The minimum atomic E-state index is -3.82. The van der Waals surface area contributed by atoms with Crippen molar-refractivity contribution in [2.75, 3.05) is 10.8 Å². The largest absolute Gasteiger partial charge is 0.487 e. The van der Waals surface area contributed by atoms with Crippen molar-refractivity contribution in [1.82, 2.24) is 14.9 Å². The number of aromatic amines is 1. The second kappa shape index (κ2) is 7.45. The summed E-state index contributed by atoms with van der Waals surface area (Å²) in [6.45, 7) is 0.291. The Hall–Kier alpha value is -3.17. The van der Waals surface area contributed by atoms with Gasteiger partial charge < -0.3 is 9.53 Å². The van der Waals surface area contributed by atoms with Crippen molar-refractivity contribution in [1.29, 1.82) is 0 Å². The number of nitrogens with one attached hydrogen (secondary N) is 2. The Morgan fingerprint density at radius 3 is 2.68 bits per heavy atom. The molecule has 2 heterocycles. The van der Waals surface area contributed by atoms with Gasteiger partial charge in [-0.2, -0.15) is 18.2 Å². The van der Waals surface area contributed by atoms with Crippen molar-refractivity contribution in [3.05, 3.63) is 66.5 Å². The zero-order valence-corrected chi connectivity index (χ0v) is 15.6. The molecule has 1 aliphatic heterocycles. The van der Waals surface area contributed by atoms with Crippen molar-refractivity contribution in [3.8, 4) is 16.9 Å². The lowest BCUT2D eigenvalue weighted by Crippen LogP contribution is -2.30. The van der Waals surface area contributed by atoms with Crippen molar-refractivity contribution >= 4 is 22.2 Å². The molecule has 2 N–H and O–H groups in total. The van der Waals surface area contributed by atoms with E-state index in [2.05, 4.69) is 14.9 Å². The molecule has 1 atom stereocenters. The molecule has 9 heteroatoms. The van der Waals surface area contributed by atoms with Crippen LogP contribution in [0.15, 0.2) is 60.9 Å². The first kappa shape index (κ1) is 18.2. The molecule has 0 aliphatic carbocycles. The van der Waals surface area contributed by atoms with Gasteiger partial charge in [0.1, 0.15) is 18.6 Å². The maximum Gasteiger partial charge on any atom is 0.302 e. The topological polar surface area (TPSA) is 104 Å². The van der Waals surface area contributed by atoms with Crippen LogP contribution >= 0.6 is 0 Å². The summed E-state index contributed by atoms with van der Waals surface area (Å²) in [6, 6.07) is 14.0. The number of H-pyrrole nitrogens is 1. The highest BCUT2D eigenvalue weighted by Crippen LogP contribution is 2.36. The van der Waals surface area contributed by atoms with Crippen LogP contribution in [-0.2, 0) is 21.6 Å². The van der Waals surface area contributed by atoms with Gasteiger partial charge in [-0.15, -0.1) is 0 Å². The van der Waals surface area contributed by atoms with E-state index in [1.54, 1.807) is 30.6 Å². The number of rotatable bonds is 6. The normalized spacial score (nSPS) is 18.1. The van der Waals surface area contributed by atoms with Gasteiger partial charge in [0.2, 0.25) is 0 Å². The van der Waals surface area contributed by atoms with Crippen LogP contribution in [-0.4, -0.2) is 37.5 Å². The van der Waals surface area contributed by atoms with Crippen LogP contribution in [0, 0.1) is 0 Å². The Bertz CT molecular complexity index is 1070. The van der Waals surface area contributed by atoms with Crippen LogP contribution in [0.3, 0.4) is 0 Å². The van der Waals surface area contributed by atoms with E-state index in [1.165, 1.54) is 0 Å². The van der Waals surface area contributed by atoms with Crippen molar-refractivity contribution < 1.29 is 17.9 Å². The zero-order valence-electron chi connectivity index (χ0n) is 14.8. The Morgan fingerprint density at radius 1 is 1.18 bits per heavy atom. The molecule has 0 bridgehead atoms. The summed E-state index contributed by atoms with van der Waals surface area (Å²) in [6.07, 6.45) is 4.00. The lowest BCUT2D eigenvalue weighted by Gasteiger charge is -2.20. The van der Waals surface area contributed by atoms with Crippen LogP contribution in [0.5, 0.6) is 5.75 Å². The summed E-state index contributed by atoms with van der Waals surface area (Å²) in [5, 5.41) is 6.70. The first-order valence-electron chi connectivity index (χ1n) is 8.62. The maximum absolute atomic E-state index is 12.5. The average Bonchev–Trinajstić information content (AvgIpc) is 3.34. The molecule has 1 unspecified atom stereocenters. The fourth-order valence-corrected chi connectivity index (χ4v) is 4.43. The van der Waals surface area contributed by atoms with Gasteiger partial charge in [-0.25, -0.2) is 0 Å². The molecule has 0 amide bonds. The SMILES string of the molecule is O=CC1CN(c2ccc(-c3cn[nH]c3)cc2OCc2ccccc2)S(=O)(=O)N1.